The highest BCUT2D eigenvalue weighted by Gasteiger charge is 2.19. The number of pyridine rings is 1. The Morgan fingerprint density at radius 2 is 1.91 bits per heavy atom. The summed E-state index contributed by atoms with van der Waals surface area (Å²) >= 11 is 11.8. The highest BCUT2D eigenvalue weighted by molar-refractivity contribution is 7.80. The van der Waals surface area contributed by atoms with E-state index in [-0.39, 0.29) is 25.5 Å². The summed E-state index contributed by atoms with van der Waals surface area (Å²) in [4.78, 5) is 5.05. The van der Waals surface area contributed by atoms with Gasteiger partial charge in [-0.3, -0.25) is 0 Å². The van der Waals surface area contributed by atoms with Crippen molar-refractivity contribution >= 4 is 47.8 Å². The van der Waals surface area contributed by atoms with E-state index in [1.165, 1.54) is 24.4 Å². The first kappa shape index (κ1) is 27.7. The van der Waals surface area contributed by atoms with Crippen LogP contribution in [0.5, 0.6) is 11.5 Å². The molecule has 10 heteroatoms. The second-order valence-electron chi connectivity index (χ2n) is 9.69. The number of unbranched alkanes of at least 4 members (excludes halogenated alkanes) is 1. The topological polar surface area (TPSA) is 56.5 Å². The molecule has 0 radical (unpaired) electrons. The summed E-state index contributed by atoms with van der Waals surface area (Å²) in [6.07, 6.45) is 5.45. The zero-order valence-electron chi connectivity index (χ0n) is 20.2. The van der Waals surface area contributed by atoms with Gasteiger partial charge < -0.3 is 19.1 Å². The van der Waals surface area contributed by atoms with Crippen LogP contribution in [0, 0.1) is 11.6 Å². The molecule has 0 aliphatic heterocycles. The molecule has 0 aliphatic carbocycles. The molecule has 2 aromatic heterocycles. The Balaban J connectivity index is 1.77. The van der Waals surface area contributed by atoms with Gasteiger partial charge in [-0.05, 0) is 53.9 Å². The maximum Gasteiger partial charge on any atom is 0.198 e. The number of halogens is 3. The third kappa shape index (κ3) is 7.78. The Kier molecular flexibility index (Phi) is 9.77. The molecule has 3 rings (SSSR count). The van der Waals surface area contributed by atoms with Gasteiger partial charge in [0.15, 0.2) is 17.4 Å². The Labute approximate surface area is 216 Å². The first-order chi connectivity index (χ1) is 16.6. The lowest BCUT2D eigenvalue weighted by molar-refractivity contribution is 0.0899. The fraction of sp³-hybridized carbons (Fsp3) is 0.440. The molecule has 190 valence electrons. The molecule has 1 N–H and O–H groups in total. The van der Waals surface area contributed by atoms with E-state index < -0.39 is 25.5 Å². The molecule has 0 saturated heterocycles. The molecule has 0 amide bonds. The van der Waals surface area contributed by atoms with Crippen LogP contribution in [0.4, 0.5) is 8.78 Å². The van der Waals surface area contributed by atoms with E-state index in [1.807, 2.05) is 0 Å². The lowest BCUT2D eigenvalue weighted by Crippen LogP contribution is -2.22. The van der Waals surface area contributed by atoms with Gasteiger partial charge in [0, 0.05) is 40.1 Å². The predicted molar refractivity (Wildman–Crippen MR) is 143 cm³/mol. The number of hydrogen-bond donors (Lipinski definition) is 1. The van der Waals surface area contributed by atoms with E-state index in [0.29, 0.717) is 45.9 Å². The molecule has 5 nitrogen and oxygen atoms in total. The number of nitrogens with zero attached hydrogens (tertiary/aromatic N) is 2. The van der Waals surface area contributed by atoms with Crippen LogP contribution >= 0.6 is 23.8 Å². The van der Waals surface area contributed by atoms with Crippen LogP contribution in [0.15, 0.2) is 30.6 Å². The van der Waals surface area contributed by atoms with Gasteiger partial charge >= 0.3 is 0 Å². The minimum atomic E-state index is -1.21. The Bertz CT molecular complexity index is 1160. The Morgan fingerprint density at radius 3 is 2.57 bits per heavy atom. The lowest BCUT2D eigenvalue weighted by Gasteiger charge is -2.15. The fourth-order valence-corrected chi connectivity index (χ4v) is 4.90. The molecule has 0 saturated carbocycles. The second kappa shape index (κ2) is 12.4. The molecule has 2 heterocycles. The van der Waals surface area contributed by atoms with Crippen LogP contribution in [0.1, 0.15) is 24.8 Å². The molecule has 0 unspecified atom stereocenters. The van der Waals surface area contributed by atoms with E-state index in [4.69, 9.17) is 38.4 Å². The normalized spacial score (nSPS) is 11.9. The molecular formula is C25H31ClF2N2O3SSi. The number of rotatable bonds is 13. The molecule has 0 bridgehead atoms. The van der Waals surface area contributed by atoms with Crippen molar-refractivity contribution < 1.29 is 23.4 Å². The van der Waals surface area contributed by atoms with Crippen molar-refractivity contribution in [2.45, 2.75) is 58.1 Å². The molecule has 0 atom stereocenters. The summed E-state index contributed by atoms with van der Waals surface area (Å²) in [5, 5.41) is 9.68. The molecule has 0 spiro atoms. The minimum Gasteiger partial charge on any atom is -0.450 e. The van der Waals surface area contributed by atoms with Crippen LogP contribution in [0.3, 0.4) is 0 Å². The standard InChI is InChI=1S/C25H31ClF2N2O3SSi/c1-35(2,3)11-10-32-16-30-15-19(26)23-22(7-8-29-25(23)30)33-24-20(27)13-17(14-21(24)28)12-18(34)6-4-5-9-31/h7-8,13-15,31H,4-6,9-12,16H2,1-3H3. The number of hydrogen-bond acceptors (Lipinski definition) is 5. The van der Waals surface area contributed by atoms with Gasteiger partial charge in [0.05, 0.1) is 10.4 Å². The molecule has 0 aliphatic rings. The van der Waals surface area contributed by atoms with Crippen molar-refractivity contribution in [1.82, 2.24) is 9.55 Å². The summed E-state index contributed by atoms with van der Waals surface area (Å²) in [6, 6.07) is 5.01. The summed E-state index contributed by atoms with van der Waals surface area (Å²) in [6.45, 7) is 7.83. The van der Waals surface area contributed by atoms with E-state index in [0.717, 1.165) is 12.5 Å². The van der Waals surface area contributed by atoms with Crippen LogP contribution in [-0.2, 0) is 17.9 Å². The van der Waals surface area contributed by atoms with Crippen molar-refractivity contribution in [2.24, 2.45) is 0 Å². The van der Waals surface area contributed by atoms with Crippen molar-refractivity contribution in [1.29, 1.82) is 0 Å². The van der Waals surface area contributed by atoms with Crippen molar-refractivity contribution in [3.8, 4) is 11.5 Å². The van der Waals surface area contributed by atoms with E-state index in [2.05, 4.69) is 24.6 Å². The quantitative estimate of drug-likeness (QED) is 0.142. The largest absolute Gasteiger partial charge is 0.450 e. The minimum absolute atomic E-state index is 0.0964. The zero-order chi connectivity index (χ0) is 25.6. The average molecular weight is 541 g/mol. The van der Waals surface area contributed by atoms with Crippen LogP contribution < -0.4 is 4.74 Å². The van der Waals surface area contributed by atoms with Crippen molar-refractivity contribution in [3.63, 3.8) is 0 Å². The summed E-state index contributed by atoms with van der Waals surface area (Å²) in [5.41, 5.74) is 0.937. The first-order valence-electron chi connectivity index (χ1n) is 11.6. The van der Waals surface area contributed by atoms with Gasteiger partial charge in [0.2, 0.25) is 0 Å². The maximum absolute atomic E-state index is 14.8. The van der Waals surface area contributed by atoms with E-state index >= 15 is 0 Å². The van der Waals surface area contributed by atoms with Gasteiger partial charge in [0.25, 0.3) is 0 Å². The molecule has 3 aromatic rings. The number of aromatic nitrogens is 2. The van der Waals surface area contributed by atoms with Gasteiger partial charge in [-0.25, -0.2) is 13.8 Å². The number of aliphatic hydroxyl groups is 1. The lowest BCUT2D eigenvalue weighted by atomic mass is 10.1. The van der Waals surface area contributed by atoms with Crippen molar-refractivity contribution in [2.75, 3.05) is 13.2 Å². The average Bonchev–Trinajstić information content (AvgIpc) is 3.10. The van der Waals surface area contributed by atoms with Gasteiger partial charge in [-0.2, -0.15) is 0 Å². The number of ether oxygens (including phenoxy) is 2. The first-order valence-corrected chi connectivity index (χ1v) is 16.1. The third-order valence-corrected chi connectivity index (χ3v) is 7.77. The van der Waals surface area contributed by atoms with Gasteiger partial charge in [-0.1, -0.05) is 43.5 Å². The third-order valence-electron chi connectivity index (χ3n) is 5.43. The smallest absolute Gasteiger partial charge is 0.198 e. The number of aliphatic hydroxyl groups excluding tert-OH is 1. The van der Waals surface area contributed by atoms with Crippen LogP contribution in [-0.4, -0.2) is 40.8 Å². The van der Waals surface area contributed by atoms with Crippen molar-refractivity contribution in [3.05, 3.63) is 52.8 Å². The summed E-state index contributed by atoms with van der Waals surface area (Å²) in [7, 11) is -1.21. The molecule has 35 heavy (non-hydrogen) atoms. The van der Waals surface area contributed by atoms with Crippen LogP contribution in [0.25, 0.3) is 11.0 Å². The number of fused-ring (bicyclic) bond motifs is 1. The van der Waals surface area contributed by atoms with E-state index in [9.17, 15) is 8.78 Å². The fourth-order valence-electron chi connectivity index (χ4n) is 3.54. The summed E-state index contributed by atoms with van der Waals surface area (Å²) < 4.78 is 42.9. The van der Waals surface area contributed by atoms with Gasteiger partial charge in [0.1, 0.15) is 18.1 Å². The maximum atomic E-state index is 14.8. The predicted octanol–water partition coefficient (Wildman–Crippen LogP) is 7.15. The second-order valence-corrected chi connectivity index (χ2v) is 16.3. The number of thiocarbonyl (C=S) groups is 1. The zero-order valence-corrected chi connectivity index (χ0v) is 22.8. The molecular weight excluding hydrogens is 510 g/mol. The molecule has 1 aromatic carbocycles. The summed E-state index contributed by atoms with van der Waals surface area (Å²) in [5.74, 6) is -1.96. The SMILES string of the molecule is C[Si](C)(C)CCOCn1cc(Cl)c2c(Oc3c(F)cc(CC(=S)CCCCO)cc3F)ccnc21. The Hall–Kier alpha value is -1.91. The highest BCUT2D eigenvalue weighted by Crippen LogP contribution is 2.37. The molecule has 0 fully saturated rings. The number of benzene rings is 1. The van der Waals surface area contributed by atoms with Gasteiger partial charge in [-0.15, -0.1) is 0 Å². The highest BCUT2D eigenvalue weighted by atomic mass is 35.5. The van der Waals surface area contributed by atoms with Crippen LogP contribution in [0.2, 0.25) is 30.7 Å². The Morgan fingerprint density at radius 1 is 1.20 bits per heavy atom. The van der Waals surface area contributed by atoms with E-state index in [1.54, 1.807) is 10.8 Å². The monoisotopic (exact) mass is 540 g/mol.